The standard InChI is InChI=1S/C41H53N3O6S/c1-2-3-4-5-6-7-8-9-10-11-12-13-14-15-19-25-38(46)43-36-27-30(29-42)26-34(41(36)51(48,49)50)40(47)33-28-35(31-21-17-16-18-22-31)44-39-32(33)23-20-24-37(39)45/h16-18,20-24,26-28,45H,2-15,19,25,29,42H2,1H3,(H,43,46)(H,48,49,50). The van der Waals surface area contributed by atoms with Crippen LogP contribution < -0.4 is 11.1 Å². The van der Waals surface area contributed by atoms with Crippen LogP contribution in [-0.4, -0.2) is 34.8 Å². The zero-order chi connectivity index (χ0) is 36.6. The highest BCUT2D eigenvalue weighted by atomic mass is 32.2. The van der Waals surface area contributed by atoms with Crippen molar-refractivity contribution in [3.05, 3.63) is 83.4 Å². The molecule has 0 saturated heterocycles. The number of carbonyl (C=O) groups excluding carboxylic acids is 2. The molecule has 51 heavy (non-hydrogen) atoms. The number of nitrogens with one attached hydrogen (secondary N) is 1. The number of para-hydroxylation sites is 1. The SMILES string of the molecule is CCCCCCCCCCCCCCCCCC(=O)Nc1cc(CN)cc(C(=O)c2cc(-c3ccccc3)nc3c(O)cccc23)c1S(=O)(=O)O. The van der Waals surface area contributed by atoms with Crippen molar-refractivity contribution in [3.63, 3.8) is 0 Å². The summed E-state index contributed by atoms with van der Waals surface area (Å²) in [6, 6.07) is 17.9. The fourth-order valence-corrected chi connectivity index (χ4v) is 7.36. The Labute approximate surface area is 302 Å². The van der Waals surface area contributed by atoms with Crippen LogP contribution in [0.15, 0.2) is 71.6 Å². The Morgan fingerprint density at radius 2 is 1.33 bits per heavy atom. The van der Waals surface area contributed by atoms with Crippen LogP contribution >= 0.6 is 0 Å². The second-order valence-electron chi connectivity index (χ2n) is 13.4. The largest absolute Gasteiger partial charge is 0.506 e. The van der Waals surface area contributed by atoms with E-state index in [9.17, 15) is 27.7 Å². The van der Waals surface area contributed by atoms with E-state index in [0.29, 0.717) is 23.2 Å². The van der Waals surface area contributed by atoms with Gasteiger partial charge in [0.2, 0.25) is 5.91 Å². The number of amides is 1. The predicted molar refractivity (Wildman–Crippen MR) is 205 cm³/mol. The Morgan fingerprint density at radius 1 is 0.745 bits per heavy atom. The number of nitrogens with two attached hydrogens (primary N) is 1. The van der Waals surface area contributed by atoms with Crippen LogP contribution in [-0.2, 0) is 21.5 Å². The highest BCUT2D eigenvalue weighted by Gasteiger charge is 2.29. The van der Waals surface area contributed by atoms with Gasteiger partial charge < -0.3 is 16.2 Å². The Bertz CT molecular complexity index is 1860. The van der Waals surface area contributed by atoms with Gasteiger partial charge in [-0.05, 0) is 36.2 Å². The normalized spacial score (nSPS) is 11.6. The van der Waals surface area contributed by atoms with Crippen molar-refractivity contribution in [2.24, 2.45) is 5.73 Å². The molecule has 0 radical (unpaired) electrons. The Kier molecular flexibility index (Phi) is 15.6. The average Bonchev–Trinajstić information content (AvgIpc) is 3.12. The molecule has 274 valence electrons. The molecule has 1 heterocycles. The number of benzene rings is 3. The lowest BCUT2D eigenvalue weighted by atomic mass is 9.95. The first-order valence-corrected chi connectivity index (χ1v) is 19.9. The number of pyridine rings is 1. The lowest BCUT2D eigenvalue weighted by Crippen LogP contribution is -2.19. The van der Waals surface area contributed by atoms with Crippen molar-refractivity contribution in [1.29, 1.82) is 0 Å². The molecule has 0 unspecified atom stereocenters. The maximum Gasteiger partial charge on any atom is 0.297 e. The van der Waals surface area contributed by atoms with E-state index in [2.05, 4.69) is 17.2 Å². The molecule has 9 nitrogen and oxygen atoms in total. The van der Waals surface area contributed by atoms with Gasteiger partial charge >= 0.3 is 0 Å². The van der Waals surface area contributed by atoms with Gasteiger partial charge in [-0.15, -0.1) is 0 Å². The van der Waals surface area contributed by atoms with E-state index in [0.717, 1.165) is 19.3 Å². The summed E-state index contributed by atoms with van der Waals surface area (Å²) >= 11 is 0. The third kappa shape index (κ3) is 11.7. The van der Waals surface area contributed by atoms with E-state index in [1.54, 1.807) is 24.3 Å². The highest BCUT2D eigenvalue weighted by Crippen LogP contribution is 2.35. The molecule has 10 heteroatoms. The smallest absolute Gasteiger partial charge is 0.297 e. The van der Waals surface area contributed by atoms with Gasteiger partial charge in [0, 0.05) is 35.0 Å². The van der Waals surface area contributed by atoms with E-state index in [-0.39, 0.29) is 46.4 Å². The average molecular weight is 716 g/mol. The van der Waals surface area contributed by atoms with Gasteiger partial charge in [0.15, 0.2) is 5.78 Å². The van der Waals surface area contributed by atoms with Crippen LogP contribution in [0, 0.1) is 0 Å². The topological polar surface area (TPSA) is 160 Å². The second-order valence-corrected chi connectivity index (χ2v) is 14.7. The minimum absolute atomic E-state index is 0.0545. The maximum absolute atomic E-state index is 14.3. The first kappa shape index (κ1) is 39.7. The van der Waals surface area contributed by atoms with Crippen LogP contribution in [0.25, 0.3) is 22.2 Å². The highest BCUT2D eigenvalue weighted by molar-refractivity contribution is 7.86. The van der Waals surface area contributed by atoms with Gasteiger partial charge in [-0.25, -0.2) is 4.98 Å². The molecule has 0 spiro atoms. The number of aromatic nitrogens is 1. The molecule has 0 saturated carbocycles. The van der Waals surface area contributed by atoms with E-state index in [1.165, 1.54) is 94.9 Å². The number of hydrogen-bond donors (Lipinski definition) is 4. The summed E-state index contributed by atoms with van der Waals surface area (Å²) in [5.41, 5.74) is 7.05. The van der Waals surface area contributed by atoms with Crippen molar-refractivity contribution in [3.8, 4) is 17.0 Å². The number of hydrogen-bond acceptors (Lipinski definition) is 7. The molecule has 4 aromatic rings. The summed E-state index contributed by atoms with van der Waals surface area (Å²) in [6.07, 6.45) is 18.2. The molecule has 0 aliphatic rings. The second kappa shape index (κ2) is 20.1. The van der Waals surface area contributed by atoms with E-state index >= 15 is 0 Å². The van der Waals surface area contributed by atoms with Crippen molar-refractivity contribution < 1.29 is 27.7 Å². The summed E-state index contributed by atoms with van der Waals surface area (Å²) in [6.45, 7) is 2.19. The van der Waals surface area contributed by atoms with Gasteiger partial charge in [0.05, 0.1) is 11.4 Å². The van der Waals surface area contributed by atoms with Gasteiger partial charge in [0.25, 0.3) is 10.1 Å². The minimum Gasteiger partial charge on any atom is -0.506 e. The van der Waals surface area contributed by atoms with Crippen molar-refractivity contribution in [2.45, 2.75) is 121 Å². The number of carbonyl (C=O) groups is 2. The molecule has 1 amide bonds. The number of anilines is 1. The zero-order valence-corrected chi connectivity index (χ0v) is 30.6. The monoisotopic (exact) mass is 715 g/mol. The molecule has 1 aromatic heterocycles. The molecule has 5 N–H and O–H groups in total. The summed E-state index contributed by atoms with van der Waals surface area (Å²) in [5, 5.41) is 13.6. The number of ketones is 1. The molecule has 0 aliphatic heterocycles. The molecule has 0 fully saturated rings. The van der Waals surface area contributed by atoms with Gasteiger partial charge in [-0.1, -0.05) is 139 Å². The van der Waals surface area contributed by atoms with E-state index in [1.807, 2.05) is 18.2 Å². The quantitative estimate of drug-likeness (QED) is 0.0355. The molecule has 0 aliphatic carbocycles. The minimum atomic E-state index is -5.00. The Hall–Kier alpha value is -4.12. The van der Waals surface area contributed by atoms with E-state index < -0.39 is 26.7 Å². The van der Waals surface area contributed by atoms with E-state index in [4.69, 9.17) is 5.73 Å². The van der Waals surface area contributed by atoms with Gasteiger partial charge in [-0.2, -0.15) is 8.42 Å². The summed E-state index contributed by atoms with van der Waals surface area (Å²) in [4.78, 5) is 31.2. The van der Waals surface area contributed by atoms with Crippen LogP contribution in [0.1, 0.15) is 131 Å². The molecular weight excluding hydrogens is 663 g/mol. The first-order valence-electron chi connectivity index (χ1n) is 18.5. The third-order valence-electron chi connectivity index (χ3n) is 9.30. The Morgan fingerprint density at radius 3 is 1.90 bits per heavy atom. The number of rotatable bonds is 22. The Balaban J connectivity index is 1.42. The predicted octanol–water partition coefficient (Wildman–Crippen LogP) is 9.74. The fourth-order valence-electron chi connectivity index (χ4n) is 6.54. The van der Waals surface area contributed by atoms with Gasteiger partial charge in [-0.3, -0.25) is 14.1 Å². The van der Waals surface area contributed by atoms with Crippen molar-refractivity contribution >= 4 is 38.4 Å². The molecular formula is C41H53N3O6S. The molecule has 4 rings (SSSR count). The number of nitrogens with zero attached hydrogens (tertiary/aromatic N) is 1. The lowest BCUT2D eigenvalue weighted by Gasteiger charge is -2.17. The first-order chi connectivity index (χ1) is 24.6. The van der Waals surface area contributed by atoms with Crippen molar-refractivity contribution in [1.82, 2.24) is 4.98 Å². The van der Waals surface area contributed by atoms with Crippen LogP contribution in [0.2, 0.25) is 0 Å². The lowest BCUT2D eigenvalue weighted by molar-refractivity contribution is -0.116. The van der Waals surface area contributed by atoms with Gasteiger partial charge in [0.1, 0.15) is 16.2 Å². The number of fused-ring (bicyclic) bond motifs is 1. The summed E-state index contributed by atoms with van der Waals surface area (Å²) < 4.78 is 36.2. The zero-order valence-electron chi connectivity index (χ0n) is 29.8. The van der Waals surface area contributed by atoms with Crippen molar-refractivity contribution in [2.75, 3.05) is 5.32 Å². The van der Waals surface area contributed by atoms with Crippen LogP contribution in [0.3, 0.4) is 0 Å². The van der Waals surface area contributed by atoms with Crippen LogP contribution in [0.5, 0.6) is 5.75 Å². The summed E-state index contributed by atoms with van der Waals surface area (Å²) in [7, 11) is -5.00. The summed E-state index contributed by atoms with van der Waals surface area (Å²) in [5.74, 6) is -1.32. The number of unbranched alkanes of at least 4 members (excludes halogenated alkanes) is 14. The third-order valence-corrected chi connectivity index (χ3v) is 10.3. The maximum atomic E-state index is 14.3. The number of phenolic OH excluding ortho intramolecular Hbond substituents is 1. The number of phenols is 1. The molecule has 0 atom stereocenters. The van der Waals surface area contributed by atoms with Crippen LogP contribution in [0.4, 0.5) is 5.69 Å². The fraction of sp³-hybridized carbons (Fsp3) is 0.439. The number of aromatic hydroxyl groups is 1. The molecule has 3 aromatic carbocycles. The molecule has 0 bridgehead atoms.